The Morgan fingerprint density at radius 3 is 2.44 bits per heavy atom. The van der Waals surface area contributed by atoms with E-state index in [4.69, 9.17) is 5.11 Å². The van der Waals surface area contributed by atoms with Crippen molar-refractivity contribution in [3.63, 3.8) is 0 Å². The molecule has 4 nitrogen and oxygen atoms in total. The molecule has 4 heteroatoms. The van der Waals surface area contributed by atoms with E-state index in [-0.39, 0.29) is 0 Å². The van der Waals surface area contributed by atoms with Crippen LogP contribution in [0.1, 0.15) is 51.9 Å². The normalized spacial score (nSPS) is 20.9. The van der Waals surface area contributed by atoms with Crippen molar-refractivity contribution in [3.05, 3.63) is 5.21 Å². The standard InChI is InChI=1S/C12H23NO3/c1-2-3-4-5-8-11(12(14)15)13(16)9-6-7-10-13/h11H,2-10H2,1H3,(H,14,15). The Morgan fingerprint density at radius 2 is 1.94 bits per heavy atom. The SMILES string of the molecule is CCCCCCC(C(=O)O)[N+]1([O-])CCCC1. The first-order chi connectivity index (χ1) is 7.60. The first-order valence-electron chi connectivity index (χ1n) is 6.40. The predicted molar refractivity (Wildman–Crippen MR) is 62.8 cm³/mol. The molecule has 1 fully saturated rings. The fraction of sp³-hybridized carbons (Fsp3) is 0.917. The van der Waals surface area contributed by atoms with E-state index in [0.29, 0.717) is 19.5 Å². The number of carboxylic acids is 1. The van der Waals surface area contributed by atoms with Crippen molar-refractivity contribution in [2.75, 3.05) is 13.1 Å². The van der Waals surface area contributed by atoms with Gasteiger partial charge in [0.2, 0.25) is 0 Å². The summed E-state index contributed by atoms with van der Waals surface area (Å²) >= 11 is 0. The Kier molecular flexibility index (Phi) is 5.22. The van der Waals surface area contributed by atoms with E-state index in [1.165, 1.54) is 0 Å². The van der Waals surface area contributed by atoms with Gasteiger partial charge in [0.1, 0.15) is 0 Å². The average molecular weight is 229 g/mol. The van der Waals surface area contributed by atoms with Gasteiger partial charge in [-0.25, -0.2) is 4.79 Å². The Balaban J connectivity index is 2.44. The molecule has 1 unspecified atom stereocenters. The third-order valence-electron chi connectivity index (χ3n) is 3.51. The summed E-state index contributed by atoms with van der Waals surface area (Å²) in [6.45, 7) is 3.10. The predicted octanol–water partition coefficient (Wildman–Crippen LogP) is 2.52. The summed E-state index contributed by atoms with van der Waals surface area (Å²) in [4.78, 5) is 11.1. The second-order valence-corrected chi connectivity index (χ2v) is 4.81. The minimum atomic E-state index is -0.909. The van der Waals surface area contributed by atoms with Crippen LogP contribution in [0.25, 0.3) is 0 Å². The molecule has 0 spiro atoms. The number of carbonyl (C=O) groups is 1. The number of hydrogen-bond acceptors (Lipinski definition) is 2. The van der Waals surface area contributed by atoms with Gasteiger partial charge >= 0.3 is 5.97 Å². The first-order valence-corrected chi connectivity index (χ1v) is 6.40. The number of nitrogens with zero attached hydrogens (tertiary/aromatic N) is 1. The number of hydrogen-bond donors (Lipinski definition) is 1. The second-order valence-electron chi connectivity index (χ2n) is 4.81. The number of likely N-dealkylation sites (tertiary alicyclic amines) is 1. The lowest BCUT2D eigenvalue weighted by Gasteiger charge is -2.43. The maximum absolute atomic E-state index is 12.3. The van der Waals surface area contributed by atoms with Crippen molar-refractivity contribution in [1.82, 2.24) is 0 Å². The summed E-state index contributed by atoms with van der Waals surface area (Å²) in [6, 6.07) is -0.723. The lowest BCUT2D eigenvalue weighted by Crippen LogP contribution is -2.52. The van der Waals surface area contributed by atoms with Crippen LogP contribution in [0.4, 0.5) is 0 Å². The largest absolute Gasteiger partial charge is 0.632 e. The average Bonchev–Trinajstić information content (AvgIpc) is 2.65. The molecular formula is C12H23NO3. The monoisotopic (exact) mass is 229 g/mol. The number of quaternary nitrogens is 1. The van der Waals surface area contributed by atoms with Crippen LogP contribution in [0.5, 0.6) is 0 Å². The van der Waals surface area contributed by atoms with E-state index in [1.807, 2.05) is 0 Å². The van der Waals surface area contributed by atoms with Crippen LogP contribution in [0.3, 0.4) is 0 Å². The van der Waals surface area contributed by atoms with Crippen molar-refractivity contribution in [2.45, 2.75) is 57.9 Å². The lowest BCUT2D eigenvalue weighted by molar-refractivity contribution is -0.885. The zero-order valence-corrected chi connectivity index (χ0v) is 10.2. The zero-order chi connectivity index (χ0) is 12.0. The summed E-state index contributed by atoms with van der Waals surface area (Å²) in [5.74, 6) is -0.909. The molecule has 94 valence electrons. The highest BCUT2D eigenvalue weighted by Gasteiger charge is 2.37. The molecule has 1 aliphatic heterocycles. The fourth-order valence-electron chi connectivity index (χ4n) is 2.51. The molecule has 1 saturated heterocycles. The van der Waals surface area contributed by atoms with E-state index < -0.39 is 16.7 Å². The van der Waals surface area contributed by atoms with Crippen molar-refractivity contribution < 1.29 is 14.5 Å². The van der Waals surface area contributed by atoms with Crippen molar-refractivity contribution in [3.8, 4) is 0 Å². The van der Waals surface area contributed by atoms with Gasteiger partial charge in [-0.05, 0) is 6.42 Å². The summed E-state index contributed by atoms with van der Waals surface area (Å²) in [5.41, 5.74) is 0. The Hall–Kier alpha value is -0.610. The number of unbranched alkanes of at least 4 members (excludes halogenated alkanes) is 3. The van der Waals surface area contributed by atoms with Gasteiger partial charge in [0.25, 0.3) is 0 Å². The van der Waals surface area contributed by atoms with Crippen LogP contribution < -0.4 is 0 Å². The van der Waals surface area contributed by atoms with Gasteiger partial charge in [0.15, 0.2) is 6.04 Å². The third-order valence-corrected chi connectivity index (χ3v) is 3.51. The summed E-state index contributed by atoms with van der Waals surface area (Å²) in [5, 5.41) is 21.4. The molecule has 1 heterocycles. The summed E-state index contributed by atoms with van der Waals surface area (Å²) in [7, 11) is 0. The third kappa shape index (κ3) is 3.46. The van der Waals surface area contributed by atoms with E-state index in [2.05, 4.69) is 6.92 Å². The molecule has 0 aromatic carbocycles. The molecule has 0 amide bonds. The van der Waals surface area contributed by atoms with Crippen molar-refractivity contribution in [2.24, 2.45) is 0 Å². The lowest BCUT2D eigenvalue weighted by atomic mass is 10.1. The molecule has 0 aromatic rings. The van der Waals surface area contributed by atoms with E-state index in [9.17, 15) is 10.0 Å². The van der Waals surface area contributed by atoms with Crippen LogP contribution in [0, 0.1) is 5.21 Å². The van der Waals surface area contributed by atoms with Crippen molar-refractivity contribution in [1.29, 1.82) is 0 Å². The minimum absolute atomic E-state index is 0.485. The molecule has 1 atom stereocenters. The molecule has 1 rings (SSSR count). The van der Waals surface area contributed by atoms with E-state index in [0.717, 1.165) is 38.5 Å². The fourth-order valence-corrected chi connectivity index (χ4v) is 2.51. The highest BCUT2D eigenvalue weighted by Crippen LogP contribution is 2.25. The number of hydroxylamine groups is 3. The van der Waals surface area contributed by atoms with Crippen LogP contribution >= 0.6 is 0 Å². The maximum atomic E-state index is 12.3. The van der Waals surface area contributed by atoms with Crippen LogP contribution in [0.15, 0.2) is 0 Å². The summed E-state index contributed by atoms with van der Waals surface area (Å²) < 4.78 is -0.485. The Labute approximate surface area is 97.4 Å². The van der Waals surface area contributed by atoms with Gasteiger partial charge in [0.05, 0.1) is 13.1 Å². The molecule has 0 bridgehead atoms. The van der Waals surface area contributed by atoms with Gasteiger partial charge in [0, 0.05) is 19.3 Å². The van der Waals surface area contributed by atoms with Crippen LogP contribution in [0.2, 0.25) is 0 Å². The molecule has 16 heavy (non-hydrogen) atoms. The Morgan fingerprint density at radius 1 is 1.31 bits per heavy atom. The van der Waals surface area contributed by atoms with Gasteiger partial charge in [-0.3, -0.25) is 0 Å². The first kappa shape index (κ1) is 13.5. The van der Waals surface area contributed by atoms with Gasteiger partial charge in [-0.2, -0.15) is 0 Å². The minimum Gasteiger partial charge on any atom is -0.632 e. The quantitative estimate of drug-likeness (QED) is 0.414. The summed E-state index contributed by atoms with van der Waals surface area (Å²) in [6.07, 6.45) is 6.47. The molecule has 1 aliphatic rings. The molecule has 1 N–H and O–H groups in total. The maximum Gasteiger partial charge on any atom is 0.362 e. The van der Waals surface area contributed by atoms with E-state index >= 15 is 0 Å². The van der Waals surface area contributed by atoms with Gasteiger partial charge in [-0.1, -0.05) is 26.2 Å². The molecular weight excluding hydrogens is 206 g/mol. The molecule has 0 saturated carbocycles. The number of aliphatic carboxylic acids is 1. The van der Waals surface area contributed by atoms with Crippen LogP contribution in [-0.2, 0) is 4.79 Å². The van der Waals surface area contributed by atoms with Gasteiger partial charge < -0.3 is 15.0 Å². The number of rotatable bonds is 7. The topological polar surface area (TPSA) is 60.4 Å². The van der Waals surface area contributed by atoms with Gasteiger partial charge in [-0.15, -0.1) is 0 Å². The zero-order valence-electron chi connectivity index (χ0n) is 10.2. The number of carboxylic acid groups (broad SMARTS) is 1. The van der Waals surface area contributed by atoms with Crippen molar-refractivity contribution >= 4 is 5.97 Å². The van der Waals surface area contributed by atoms with E-state index in [1.54, 1.807) is 0 Å². The van der Waals surface area contributed by atoms with Crippen LogP contribution in [-0.4, -0.2) is 34.9 Å². The second kappa shape index (κ2) is 6.21. The molecule has 0 aliphatic carbocycles. The highest BCUT2D eigenvalue weighted by molar-refractivity contribution is 5.72. The smallest absolute Gasteiger partial charge is 0.362 e. The molecule has 0 aromatic heterocycles. The Bertz CT molecular complexity index is 224. The molecule has 0 radical (unpaired) electrons. The highest BCUT2D eigenvalue weighted by atomic mass is 16.6.